The van der Waals surface area contributed by atoms with Crippen molar-refractivity contribution >= 4 is 5.97 Å². The van der Waals surface area contributed by atoms with Crippen molar-refractivity contribution in [3.05, 3.63) is 64.7 Å². The summed E-state index contributed by atoms with van der Waals surface area (Å²) in [6, 6.07) is 16.5. The number of rotatable bonds is 5. The SMILES string of the molecule is CCc1ccc(C2CCC(C(=O)Oc3ccc(CC)cc3C#N)CC2)cc1. The van der Waals surface area contributed by atoms with Gasteiger partial charge in [-0.25, -0.2) is 0 Å². The van der Waals surface area contributed by atoms with Crippen molar-refractivity contribution < 1.29 is 9.53 Å². The molecule has 0 amide bonds. The van der Waals surface area contributed by atoms with Crippen LogP contribution in [0.25, 0.3) is 0 Å². The highest BCUT2D eigenvalue weighted by Gasteiger charge is 2.29. The average molecular weight is 361 g/mol. The highest BCUT2D eigenvalue weighted by atomic mass is 16.5. The van der Waals surface area contributed by atoms with Crippen LogP contribution in [0.5, 0.6) is 5.75 Å². The molecule has 0 aromatic heterocycles. The van der Waals surface area contributed by atoms with Crippen molar-refractivity contribution in [2.45, 2.75) is 58.3 Å². The Hall–Kier alpha value is -2.60. The first-order valence-electron chi connectivity index (χ1n) is 9.98. The Morgan fingerprint density at radius 1 is 1.00 bits per heavy atom. The molecule has 1 fully saturated rings. The summed E-state index contributed by atoms with van der Waals surface area (Å²) < 4.78 is 5.59. The molecular formula is C24H27NO2. The van der Waals surface area contributed by atoms with Gasteiger partial charge in [0.1, 0.15) is 11.8 Å². The minimum atomic E-state index is -0.199. The zero-order valence-electron chi connectivity index (χ0n) is 16.2. The van der Waals surface area contributed by atoms with Gasteiger partial charge < -0.3 is 4.74 Å². The summed E-state index contributed by atoms with van der Waals surface area (Å²) in [6.07, 6.45) is 5.60. The standard InChI is InChI=1S/C24H27NO2/c1-3-17-5-8-19(9-6-17)20-10-12-21(13-11-20)24(26)27-23-14-7-18(4-2)15-22(23)16-25/h5-9,14-15,20-21H,3-4,10-13H2,1-2H3. The van der Waals surface area contributed by atoms with Gasteiger partial charge in [-0.2, -0.15) is 5.26 Å². The number of carbonyl (C=O) groups is 1. The molecule has 0 atom stereocenters. The largest absolute Gasteiger partial charge is 0.425 e. The molecule has 140 valence electrons. The van der Waals surface area contributed by atoms with E-state index in [0.29, 0.717) is 17.2 Å². The van der Waals surface area contributed by atoms with Crippen molar-refractivity contribution in [1.82, 2.24) is 0 Å². The van der Waals surface area contributed by atoms with Crippen LogP contribution in [-0.4, -0.2) is 5.97 Å². The number of hydrogen-bond donors (Lipinski definition) is 0. The van der Waals surface area contributed by atoms with Gasteiger partial charge in [-0.15, -0.1) is 0 Å². The lowest BCUT2D eigenvalue weighted by atomic mass is 9.78. The highest BCUT2D eigenvalue weighted by molar-refractivity contribution is 5.76. The van der Waals surface area contributed by atoms with Gasteiger partial charge in [-0.05, 0) is 73.3 Å². The van der Waals surface area contributed by atoms with E-state index in [2.05, 4.69) is 37.3 Å². The van der Waals surface area contributed by atoms with Gasteiger partial charge in [0, 0.05) is 0 Å². The van der Waals surface area contributed by atoms with Gasteiger partial charge in [0.05, 0.1) is 11.5 Å². The predicted molar refractivity (Wildman–Crippen MR) is 107 cm³/mol. The van der Waals surface area contributed by atoms with E-state index in [9.17, 15) is 10.1 Å². The zero-order valence-corrected chi connectivity index (χ0v) is 16.2. The molecule has 3 nitrogen and oxygen atoms in total. The fourth-order valence-corrected chi connectivity index (χ4v) is 3.85. The first-order valence-corrected chi connectivity index (χ1v) is 9.98. The number of nitrogens with zero attached hydrogens (tertiary/aromatic N) is 1. The first-order chi connectivity index (χ1) is 13.1. The van der Waals surface area contributed by atoms with E-state index >= 15 is 0 Å². The fraction of sp³-hybridized carbons (Fsp3) is 0.417. The summed E-state index contributed by atoms with van der Waals surface area (Å²) >= 11 is 0. The van der Waals surface area contributed by atoms with Crippen molar-refractivity contribution in [1.29, 1.82) is 5.26 Å². The van der Waals surface area contributed by atoms with Crippen molar-refractivity contribution in [2.24, 2.45) is 5.92 Å². The molecule has 0 unspecified atom stereocenters. The summed E-state index contributed by atoms with van der Waals surface area (Å²) in [7, 11) is 0. The topological polar surface area (TPSA) is 50.1 Å². The average Bonchev–Trinajstić information content (AvgIpc) is 2.74. The molecule has 1 aliphatic carbocycles. The lowest BCUT2D eigenvalue weighted by Crippen LogP contribution is -2.25. The molecule has 0 heterocycles. The number of aryl methyl sites for hydroxylation is 2. The maximum absolute atomic E-state index is 12.6. The van der Waals surface area contributed by atoms with E-state index < -0.39 is 0 Å². The Bertz CT molecular complexity index is 824. The number of ether oxygens (including phenoxy) is 1. The molecular weight excluding hydrogens is 334 g/mol. The summed E-state index contributed by atoms with van der Waals surface area (Å²) in [5.41, 5.74) is 4.24. The second kappa shape index (κ2) is 8.86. The number of hydrogen-bond acceptors (Lipinski definition) is 3. The van der Waals surface area contributed by atoms with Crippen molar-refractivity contribution in [3.63, 3.8) is 0 Å². The Morgan fingerprint density at radius 3 is 2.22 bits per heavy atom. The molecule has 0 radical (unpaired) electrons. The number of benzene rings is 2. The summed E-state index contributed by atoms with van der Waals surface area (Å²) in [5, 5.41) is 9.32. The second-order valence-corrected chi connectivity index (χ2v) is 7.36. The third-order valence-corrected chi connectivity index (χ3v) is 5.70. The Kier molecular flexibility index (Phi) is 6.29. The van der Waals surface area contributed by atoms with Crippen LogP contribution in [0.15, 0.2) is 42.5 Å². The maximum Gasteiger partial charge on any atom is 0.314 e. The molecule has 3 rings (SSSR count). The van der Waals surface area contributed by atoms with Gasteiger partial charge in [0.15, 0.2) is 0 Å². The molecule has 2 aromatic rings. The first kappa shape index (κ1) is 19.2. The lowest BCUT2D eigenvalue weighted by Gasteiger charge is -2.27. The molecule has 27 heavy (non-hydrogen) atoms. The van der Waals surface area contributed by atoms with Crippen LogP contribution < -0.4 is 4.74 Å². The second-order valence-electron chi connectivity index (χ2n) is 7.36. The van der Waals surface area contributed by atoms with Crippen LogP contribution in [0.2, 0.25) is 0 Å². The smallest absolute Gasteiger partial charge is 0.314 e. The van der Waals surface area contributed by atoms with E-state index in [1.807, 2.05) is 13.0 Å². The number of carbonyl (C=O) groups excluding carboxylic acids is 1. The van der Waals surface area contributed by atoms with Crippen molar-refractivity contribution in [3.8, 4) is 11.8 Å². The third kappa shape index (κ3) is 4.57. The lowest BCUT2D eigenvalue weighted by molar-refractivity contribution is -0.140. The fourth-order valence-electron chi connectivity index (χ4n) is 3.85. The molecule has 3 heteroatoms. The van der Waals surface area contributed by atoms with Crippen LogP contribution in [0, 0.1) is 17.2 Å². The monoisotopic (exact) mass is 361 g/mol. The van der Waals surface area contributed by atoms with E-state index in [0.717, 1.165) is 44.1 Å². The van der Waals surface area contributed by atoms with Gasteiger partial charge in [-0.3, -0.25) is 4.79 Å². The van der Waals surface area contributed by atoms with Crippen LogP contribution >= 0.6 is 0 Å². The van der Waals surface area contributed by atoms with Crippen LogP contribution in [-0.2, 0) is 17.6 Å². The van der Waals surface area contributed by atoms with Gasteiger partial charge in [-0.1, -0.05) is 44.2 Å². The molecule has 0 aliphatic heterocycles. The van der Waals surface area contributed by atoms with Crippen molar-refractivity contribution in [2.75, 3.05) is 0 Å². The van der Waals surface area contributed by atoms with Crippen LogP contribution in [0.1, 0.15) is 67.7 Å². The predicted octanol–water partition coefficient (Wildman–Crippen LogP) is 5.56. The maximum atomic E-state index is 12.6. The Labute approximate surface area is 162 Å². The van der Waals surface area contributed by atoms with Crippen LogP contribution in [0.4, 0.5) is 0 Å². The molecule has 1 aliphatic rings. The van der Waals surface area contributed by atoms with Gasteiger partial charge >= 0.3 is 5.97 Å². The van der Waals surface area contributed by atoms with E-state index in [1.54, 1.807) is 12.1 Å². The summed E-state index contributed by atoms with van der Waals surface area (Å²) in [6.45, 7) is 4.20. The van der Waals surface area contributed by atoms with E-state index in [1.165, 1.54) is 11.1 Å². The van der Waals surface area contributed by atoms with E-state index in [4.69, 9.17) is 4.74 Å². The van der Waals surface area contributed by atoms with Crippen LogP contribution in [0.3, 0.4) is 0 Å². The summed E-state index contributed by atoms with van der Waals surface area (Å²) in [5.74, 6) is 0.638. The third-order valence-electron chi connectivity index (χ3n) is 5.70. The highest BCUT2D eigenvalue weighted by Crippen LogP contribution is 2.36. The minimum absolute atomic E-state index is 0.0754. The van der Waals surface area contributed by atoms with E-state index in [-0.39, 0.29) is 11.9 Å². The molecule has 0 saturated heterocycles. The van der Waals surface area contributed by atoms with Gasteiger partial charge in [0.2, 0.25) is 0 Å². The zero-order chi connectivity index (χ0) is 19.2. The minimum Gasteiger partial charge on any atom is -0.425 e. The Balaban J connectivity index is 1.59. The molecule has 0 bridgehead atoms. The number of esters is 1. The van der Waals surface area contributed by atoms with Gasteiger partial charge in [0.25, 0.3) is 0 Å². The Morgan fingerprint density at radius 2 is 1.63 bits per heavy atom. The summed E-state index contributed by atoms with van der Waals surface area (Å²) in [4.78, 5) is 12.6. The molecule has 0 spiro atoms. The molecule has 2 aromatic carbocycles. The number of nitriles is 1. The molecule has 1 saturated carbocycles. The molecule has 0 N–H and O–H groups in total. The normalized spacial score (nSPS) is 19.3. The quantitative estimate of drug-likeness (QED) is 0.517.